The van der Waals surface area contributed by atoms with E-state index >= 15 is 0 Å². The molecule has 0 aromatic heterocycles. The third-order valence-electron chi connectivity index (χ3n) is 2.86. The van der Waals surface area contributed by atoms with Gasteiger partial charge < -0.3 is 16.0 Å². The van der Waals surface area contributed by atoms with E-state index in [-0.39, 0.29) is 11.4 Å². The molecule has 0 fully saturated rings. The van der Waals surface area contributed by atoms with E-state index in [0.29, 0.717) is 6.42 Å². The second kappa shape index (κ2) is 8.48. The second-order valence-corrected chi connectivity index (χ2v) is 5.22. The summed E-state index contributed by atoms with van der Waals surface area (Å²) < 4.78 is 0. The first-order chi connectivity index (χ1) is 7.89. The number of carbonyl (C=O) groups excluding carboxylic acids is 1. The lowest BCUT2D eigenvalue weighted by atomic mass is 10.00. The Hall–Kier alpha value is -0.610. The Labute approximate surface area is 106 Å². The summed E-state index contributed by atoms with van der Waals surface area (Å²) in [6.07, 6.45) is 2.27. The van der Waals surface area contributed by atoms with E-state index in [0.717, 1.165) is 39.0 Å². The molecular weight excluding hydrogens is 214 g/mol. The van der Waals surface area contributed by atoms with E-state index in [9.17, 15) is 4.79 Å². The Morgan fingerprint density at radius 1 is 1.29 bits per heavy atom. The highest BCUT2D eigenvalue weighted by atomic mass is 16.1. The largest absolute Gasteiger partial charge is 0.356 e. The van der Waals surface area contributed by atoms with Crippen molar-refractivity contribution in [1.29, 1.82) is 0 Å². The number of carbonyl (C=O) groups is 1. The first kappa shape index (κ1) is 16.4. The number of nitrogens with one attached hydrogen (secondary N) is 1. The van der Waals surface area contributed by atoms with Gasteiger partial charge in [0.15, 0.2) is 0 Å². The van der Waals surface area contributed by atoms with Crippen LogP contribution in [-0.4, -0.2) is 42.5 Å². The summed E-state index contributed by atoms with van der Waals surface area (Å²) in [5.41, 5.74) is 5.58. The molecular formula is C13H29N3O. The van der Waals surface area contributed by atoms with Crippen LogP contribution in [0, 0.1) is 0 Å². The molecule has 0 saturated carbocycles. The third-order valence-corrected chi connectivity index (χ3v) is 2.86. The first-order valence-electron chi connectivity index (χ1n) is 6.67. The molecule has 4 heteroatoms. The Balaban J connectivity index is 3.52. The number of hydrogen-bond acceptors (Lipinski definition) is 3. The molecule has 0 rings (SSSR count). The van der Waals surface area contributed by atoms with Crippen molar-refractivity contribution in [2.75, 3.05) is 26.2 Å². The average molecular weight is 243 g/mol. The normalized spacial score (nSPS) is 11.9. The minimum atomic E-state index is -0.251. The van der Waals surface area contributed by atoms with Crippen LogP contribution in [0.25, 0.3) is 0 Å². The van der Waals surface area contributed by atoms with Crippen LogP contribution < -0.4 is 11.1 Å². The lowest BCUT2D eigenvalue weighted by molar-refractivity contribution is -0.121. The van der Waals surface area contributed by atoms with Gasteiger partial charge in [0.2, 0.25) is 5.91 Å². The molecule has 0 saturated heterocycles. The molecule has 0 aliphatic carbocycles. The SMILES string of the molecule is CCN(CC)CCCNC(=O)CCC(C)(C)N. The monoisotopic (exact) mass is 243 g/mol. The fourth-order valence-electron chi connectivity index (χ4n) is 1.59. The van der Waals surface area contributed by atoms with E-state index in [1.165, 1.54) is 0 Å². The number of hydrogen-bond donors (Lipinski definition) is 2. The highest BCUT2D eigenvalue weighted by molar-refractivity contribution is 5.75. The standard InChI is InChI=1S/C13H29N3O/c1-5-16(6-2)11-7-10-15-12(17)8-9-13(3,4)14/h5-11,14H2,1-4H3,(H,15,17). The van der Waals surface area contributed by atoms with Crippen molar-refractivity contribution < 1.29 is 4.79 Å². The van der Waals surface area contributed by atoms with Crippen molar-refractivity contribution in [3.8, 4) is 0 Å². The van der Waals surface area contributed by atoms with Gasteiger partial charge in [-0.05, 0) is 46.3 Å². The molecule has 102 valence electrons. The van der Waals surface area contributed by atoms with Crippen LogP contribution in [0.1, 0.15) is 47.0 Å². The van der Waals surface area contributed by atoms with Gasteiger partial charge in [0, 0.05) is 18.5 Å². The van der Waals surface area contributed by atoms with Crippen LogP contribution in [0.4, 0.5) is 0 Å². The van der Waals surface area contributed by atoms with Crippen molar-refractivity contribution in [2.45, 2.75) is 52.5 Å². The van der Waals surface area contributed by atoms with Gasteiger partial charge in [0.25, 0.3) is 0 Å². The summed E-state index contributed by atoms with van der Waals surface area (Å²) in [6.45, 7) is 12.2. The Kier molecular flexibility index (Phi) is 8.17. The molecule has 3 N–H and O–H groups in total. The second-order valence-electron chi connectivity index (χ2n) is 5.22. The van der Waals surface area contributed by atoms with Gasteiger partial charge in [-0.15, -0.1) is 0 Å². The maximum Gasteiger partial charge on any atom is 0.220 e. The molecule has 0 aliphatic rings. The van der Waals surface area contributed by atoms with E-state index in [1.807, 2.05) is 13.8 Å². The predicted molar refractivity (Wildman–Crippen MR) is 72.9 cm³/mol. The molecule has 0 aliphatic heterocycles. The quantitative estimate of drug-likeness (QED) is 0.601. The predicted octanol–water partition coefficient (Wildman–Crippen LogP) is 1.35. The zero-order valence-electron chi connectivity index (χ0n) is 11.9. The molecule has 0 unspecified atom stereocenters. The summed E-state index contributed by atoms with van der Waals surface area (Å²) >= 11 is 0. The summed E-state index contributed by atoms with van der Waals surface area (Å²) in [5, 5.41) is 2.94. The lowest BCUT2D eigenvalue weighted by Crippen LogP contribution is -2.35. The molecule has 0 atom stereocenters. The topological polar surface area (TPSA) is 58.4 Å². The number of amides is 1. The molecule has 0 heterocycles. The zero-order chi connectivity index (χ0) is 13.3. The van der Waals surface area contributed by atoms with Crippen molar-refractivity contribution in [2.24, 2.45) is 5.73 Å². The molecule has 0 aromatic carbocycles. The maximum atomic E-state index is 11.5. The Morgan fingerprint density at radius 2 is 1.88 bits per heavy atom. The van der Waals surface area contributed by atoms with Crippen LogP contribution >= 0.6 is 0 Å². The first-order valence-corrected chi connectivity index (χ1v) is 6.67. The molecule has 17 heavy (non-hydrogen) atoms. The number of nitrogens with two attached hydrogens (primary N) is 1. The van der Waals surface area contributed by atoms with Crippen molar-refractivity contribution in [3.05, 3.63) is 0 Å². The molecule has 0 bridgehead atoms. The van der Waals surface area contributed by atoms with Crippen LogP contribution in [0.3, 0.4) is 0 Å². The Bertz CT molecular complexity index is 207. The molecule has 4 nitrogen and oxygen atoms in total. The minimum Gasteiger partial charge on any atom is -0.356 e. The zero-order valence-corrected chi connectivity index (χ0v) is 11.9. The summed E-state index contributed by atoms with van der Waals surface area (Å²) in [4.78, 5) is 13.8. The van der Waals surface area contributed by atoms with E-state index in [1.54, 1.807) is 0 Å². The molecule has 1 amide bonds. The number of rotatable bonds is 9. The number of nitrogens with zero attached hydrogens (tertiary/aromatic N) is 1. The average Bonchev–Trinajstić information content (AvgIpc) is 2.26. The Morgan fingerprint density at radius 3 is 2.35 bits per heavy atom. The van der Waals surface area contributed by atoms with Crippen molar-refractivity contribution in [1.82, 2.24) is 10.2 Å². The fourth-order valence-corrected chi connectivity index (χ4v) is 1.59. The van der Waals surface area contributed by atoms with Crippen LogP contribution in [0.15, 0.2) is 0 Å². The minimum absolute atomic E-state index is 0.114. The molecule has 0 radical (unpaired) electrons. The third kappa shape index (κ3) is 10.3. The van der Waals surface area contributed by atoms with Gasteiger partial charge in [0.05, 0.1) is 0 Å². The molecule has 0 aromatic rings. The van der Waals surface area contributed by atoms with Crippen molar-refractivity contribution >= 4 is 5.91 Å². The maximum absolute atomic E-state index is 11.5. The summed E-state index contributed by atoms with van der Waals surface area (Å²) in [6, 6.07) is 0. The lowest BCUT2D eigenvalue weighted by Gasteiger charge is -2.19. The van der Waals surface area contributed by atoms with Crippen LogP contribution in [0.5, 0.6) is 0 Å². The van der Waals surface area contributed by atoms with Crippen LogP contribution in [0.2, 0.25) is 0 Å². The van der Waals surface area contributed by atoms with Gasteiger partial charge in [-0.1, -0.05) is 13.8 Å². The van der Waals surface area contributed by atoms with E-state index in [4.69, 9.17) is 5.73 Å². The highest BCUT2D eigenvalue weighted by Crippen LogP contribution is 2.06. The van der Waals surface area contributed by atoms with Crippen LogP contribution in [-0.2, 0) is 4.79 Å². The van der Waals surface area contributed by atoms with Gasteiger partial charge in [-0.2, -0.15) is 0 Å². The summed E-state index contributed by atoms with van der Waals surface area (Å²) in [7, 11) is 0. The van der Waals surface area contributed by atoms with Gasteiger partial charge in [-0.3, -0.25) is 4.79 Å². The van der Waals surface area contributed by atoms with E-state index in [2.05, 4.69) is 24.1 Å². The summed E-state index contributed by atoms with van der Waals surface area (Å²) in [5.74, 6) is 0.114. The fraction of sp³-hybridized carbons (Fsp3) is 0.923. The van der Waals surface area contributed by atoms with E-state index < -0.39 is 0 Å². The van der Waals surface area contributed by atoms with Crippen molar-refractivity contribution in [3.63, 3.8) is 0 Å². The van der Waals surface area contributed by atoms with Gasteiger partial charge in [-0.25, -0.2) is 0 Å². The van der Waals surface area contributed by atoms with Gasteiger partial charge >= 0.3 is 0 Å². The van der Waals surface area contributed by atoms with Gasteiger partial charge in [0.1, 0.15) is 0 Å². The smallest absolute Gasteiger partial charge is 0.220 e. The highest BCUT2D eigenvalue weighted by Gasteiger charge is 2.12. The molecule has 0 spiro atoms.